The molecule has 2 amide bonds. The van der Waals surface area contributed by atoms with Crippen LogP contribution in [0.3, 0.4) is 0 Å². The van der Waals surface area contributed by atoms with Crippen molar-refractivity contribution < 1.29 is 9.59 Å². The van der Waals surface area contributed by atoms with E-state index >= 15 is 0 Å². The predicted molar refractivity (Wildman–Crippen MR) is 91.4 cm³/mol. The zero-order chi connectivity index (χ0) is 16.4. The highest BCUT2D eigenvalue weighted by Crippen LogP contribution is 2.26. The van der Waals surface area contributed by atoms with Crippen molar-refractivity contribution in [2.45, 2.75) is 58.4 Å². The zero-order valence-electron chi connectivity index (χ0n) is 14.1. The van der Waals surface area contributed by atoms with E-state index < -0.39 is 0 Å². The number of nitrogens with one attached hydrogen (secondary N) is 1. The van der Waals surface area contributed by atoms with Gasteiger partial charge in [0.15, 0.2) is 0 Å². The molecule has 0 bridgehead atoms. The molecule has 4 heteroatoms. The molecule has 1 aliphatic heterocycles. The summed E-state index contributed by atoms with van der Waals surface area (Å²) in [6.07, 6.45) is 6.12. The second-order valence-electron chi connectivity index (χ2n) is 6.94. The Hall–Kier alpha value is -1.84. The highest BCUT2D eigenvalue weighted by Gasteiger charge is 2.35. The number of carbonyl (C=O) groups excluding carboxylic acids is 2. The molecule has 2 aliphatic rings. The van der Waals surface area contributed by atoms with Crippen molar-refractivity contribution in [2.24, 2.45) is 5.92 Å². The van der Waals surface area contributed by atoms with Crippen molar-refractivity contribution >= 4 is 17.5 Å². The fourth-order valence-corrected chi connectivity index (χ4v) is 3.62. The van der Waals surface area contributed by atoms with E-state index in [9.17, 15) is 9.59 Å². The van der Waals surface area contributed by atoms with Crippen molar-refractivity contribution in [3.05, 3.63) is 29.3 Å². The van der Waals surface area contributed by atoms with E-state index in [1.54, 1.807) is 4.90 Å². The fraction of sp³-hybridized carbons (Fsp3) is 0.579. The van der Waals surface area contributed by atoms with E-state index in [4.69, 9.17) is 0 Å². The first-order chi connectivity index (χ1) is 11.1. The van der Waals surface area contributed by atoms with Gasteiger partial charge in [-0.05, 0) is 56.4 Å². The Bertz CT molecular complexity index is 605. The molecule has 0 spiro atoms. The van der Waals surface area contributed by atoms with Crippen LogP contribution in [0.25, 0.3) is 0 Å². The molecule has 3 rings (SSSR count). The lowest BCUT2D eigenvalue weighted by Gasteiger charge is -2.23. The summed E-state index contributed by atoms with van der Waals surface area (Å²) in [6, 6.07) is 5.74. The van der Waals surface area contributed by atoms with E-state index in [-0.39, 0.29) is 23.8 Å². The van der Waals surface area contributed by atoms with Crippen molar-refractivity contribution in [3.8, 4) is 0 Å². The van der Waals surface area contributed by atoms with Gasteiger partial charge in [-0.3, -0.25) is 9.59 Å². The lowest BCUT2D eigenvalue weighted by atomic mass is 9.88. The van der Waals surface area contributed by atoms with E-state index in [2.05, 4.69) is 25.2 Å². The Morgan fingerprint density at radius 3 is 2.52 bits per heavy atom. The Morgan fingerprint density at radius 1 is 1.09 bits per heavy atom. The minimum Gasteiger partial charge on any atom is -0.344 e. The summed E-state index contributed by atoms with van der Waals surface area (Å²) in [5.74, 6) is 0.203. The number of rotatable bonds is 3. The van der Waals surface area contributed by atoms with E-state index in [0.717, 1.165) is 31.4 Å². The van der Waals surface area contributed by atoms with Crippen molar-refractivity contribution in [1.29, 1.82) is 0 Å². The third-order valence-electron chi connectivity index (χ3n) is 5.30. The quantitative estimate of drug-likeness (QED) is 0.932. The van der Waals surface area contributed by atoms with Gasteiger partial charge in [-0.1, -0.05) is 25.3 Å². The van der Waals surface area contributed by atoms with Gasteiger partial charge in [0.2, 0.25) is 11.8 Å². The molecule has 1 aliphatic carbocycles. The maximum Gasteiger partial charge on any atom is 0.249 e. The first-order valence-electron chi connectivity index (χ1n) is 8.75. The molecule has 1 saturated heterocycles. The second-order valence-corrected chi connectivity index (χ2v) is 6.94. The number of hydrogen-bond acceptors (Lipinski definition) is 2. The average Bonchev–Trinajstić information content (AvgIpc) is 2.92. The van der Waals surface area contributed by atoms with E-state index in [0.29, 0.717) is 13.0 Å². The molecule has 2 fully saturated rings. The maximum absolute atomic E-state index is 12.6. The topological polar surface area (TPSA) is 49.4 Å². The van der Waals surface area contributed by atoms with Crippen LogP contribution in [-0.4, -0.2) is 24.4 Å². The van der Waals surface area contributed by atoms with E-state index in [1.807, 2.05) is 12.1 Å². The Balaban J connectivity index is 1.64. The third kappa shape index (κ3) is 3.41. The molecule has 1 atom stereocenters. The van der Waals surface area contributed by atoms with Crippen molar-refractivity contribution in [3.63, 3.8) is 0 Å². The second kappa shape index (κ2) is 6.73. The standard InChI is InChI=1S/C19H26N2O2/c1-13-8-9-16(12-14(13)2)21-11-10-17(19(21)23)20-18(22)15-6-4-3-5-7-15/h8-9,12,15,17H,3-7,10-11H2,1-2H3,(H,20,22)/t17-/m0/s1. The van der Waals surface area contributed by atoms with Gasteiger partial charge in [0.1, 0.15) is 6.04 Å². The van der Waals surface area contributed by atoms with Gasteiger partial charge in [-0.2, -0.15) is 0 Å². The Morgan fingerprint density at radius 2 is 1.83 bits per heavy atom. The molecule has 23 heavy (non-hydrogen) atoms. The molecule has 0 unspecified atom stereocenters. The SMILES string of the molecule is Cc1ccc(N2CC[C@H](NC(=O)C3CCCCC3)C2=O)cc1C. The molecule has 124 valence electrons. The van der Waals surface area contributed by atoms with Crippen molar-refractivity contribution in [2.75, 3.05) is 11.4 Å². The predicted octanol–water partition coefficient (Wildman–Crippen LogP) is 3.11. The average molecular weight is 314 g/mol. The fourth-order valence-electron chi connectivity index (χ4n) is 3.62. The Kier molecular flexibility index (Phi) is 4.69. The minimum absolute atomic E-state index is 0.0254. The van der Waals surface area contributed by atoms with Gasteiger partial charge in [-0.15, -0.1) is 0 Å². The molecule has 1 aromatic rings. The molecular weight excluding hydrogens is 288 g/mol. The summed E-state index contributed by atoms with van der Waals surface area (Å²) in [4.78, 5) is 26.8. The molecule has 1 heterocycles. The molecule has 0 aromatic heterocycles. The summed E-state index contributed by atoms with van der Waals surface area (Å²) >= 11 is 0. The number of aryl methyl sites for hydroxylation is 2. The summed E-state index contributed by atoms with van der Waals surface area (Å²) in [5.41, 5.74) is 3.35. The summed E-state index contributed by atoms with van der Waals surface area (Å²) in [7, 11) is 0. The molecular formula is C19H26N2O2. The van der Waals surface area contributed by atoms with Crippen LogP contribution >= 0.6 is 0 Å². The lowest BCUT2D eigenvalue weighted by molar-refractivity contribution is -0.129. The molecule has 1 aromatic carbocycles. The van der Waals surface area contributed by atoms with Crippen LogP contribution < -0.4 is 10.2 Å². The van der Waals surface area contributed by atoms with Gasteiger partial charge < -0.3 is 10.2 Å². The first-order valence-corrected chi connectivity index (χ1v) is 8.75. The largest absolute Gasteiger partial charge is 0.344 e. The third-order valence-corrected chi connectivity index (χ3v) is 5.30. The first kappa shape index (κ1) is 16.0. The van der Waals surface area contributed by atoms with Crippen LogP contribution in [0, 0.1) is 19.8 Å². The van der Waals surface area contributed by atoms with Crippen LogP contribution in [0.4, 0.5) is 5.69 Å². The minimum atomic E-state index is -0.356. The number of amides is 2. The normalized spacial score (nSPS) is 22.4. The van der Waals surface area contributed by atoms with E-state index in [1.165, 1.54) is 17.5 Å². The number of hydrogen-bond donors (Lipinski definition) is 1. The highest BCUT2D eigenvalue weighted by molar-refractivity contribution is 6.01. The summed E-state index contributed by atoms with van der Waals surface area (Å²) in [5, 5.41) is 2.99. The number of benzene rings is 1. The smallest absolute Gasteiger partial charge is 0.249 e. The van der Waals surface area contributed by atoms with Gasteiger partial charge in [0, 0.05) is 18.2 Å². The van der Waals surface area contributed by atoms with Crippen LogP contribution in [0.15, 0.2) is 18.2 Å². The Labute approximate surface area is 138 Å². The summed E-state index contributed by atoms with van der Waals surface area (Å²) in [6.45, 7) is 4.80. The van der Waals surface area contributed by atoms with Gasteiger partial charge in [-0.25, -0.2) is 0 Å². The van der Waals surface area contributed by atoms with Gasteiger partial charge in [0.25, 0.3) is 0 Å². The number of carbonyl (C=O) groups is 2. The molecule has 4 nitrogen and oxygen atoms in total. The van der Waals surface area contributed by atoms with Crippen LogP contribution in [-0.2, 0) is 9.59 Å². The molecule has 1 N–H and O–H groups in total. The molecule has 0 radical (unpaired) electrons. The monoisotopic (exact) mass is 314 g/mol. The highest BCUT2D eigenvalue weighted by atomic mass is 16.2. The van der Waals surface area contributed by atoms with Gasteiger partial charge >= 0.3 is 0 Å². The molecule has 1 saturated carbocycles. The zero-order valence-corrected chi connectivity index (χ0v) is 14.1. The van der Waals surface area contributed by atoms with Gasteiger partial charge in [0.05, 0.1) is 0 Å². The maximum atomic E-state index is 12.6. The van der Waals surface area contributed by atoms with Crippen molar-refractivity contribution in [1.82, 2.24) is 5.32 Å². The lowest BCUT2D eigenvalue weighted by Crippen LogP contribution is -2.44. The summed E-state index contributed by atoms with van der Waals surface area (Å²) < 4.78 is 0. The number of nitrogens with zero attached hydrogens (tertiary/aromatic N) is 1. The van der Waals surface area contributed by atoms with Crippen LogP contribution in [0.1, 0.15) is 49.7 Å². The van der Waals surface area contributed by atoms with Crippen LogP contribution in [0.5, 0.6) is 0 Å². The number of anilines is 1. The van der Waals surface area contributed by atoms with Crippen LogP contribution in [0.2, 0.25) is 0 Å².